The van der Waals surface area contributed by atoms with E-state index in [1.165, 1.54) is 10.4 Å². The van der Waals surface area contributed by atoms with Gasteiger partial charge < -0.3 is 10.2 Å². The Balaban J connectivity index is 1.48. The van der Waals surface area contributed by atoms with E-state index in [-0.39, 0.29) is 6.03 Å². The number of aromatic nitrogens is 3. The van der Waals surface area contributed by atoms with Gasteiger partial charge in [0.05, 0.1) is 0 Å². The average molecular weight is 339 g/mol. The highest BCUT2D eigenvalue weighted by molar-refractivity contribution is 7.10. The Kier molecular flexibility index (Phi) is 3.78. The first kappa shape index (κ1) is 14.9. The lowest BCUT2D eigenvalue weighted by Gasteiger charge is -2.27. The first-order valence-corrected chi connectivity index (χ1v) is 8.64. The van der Waals surface area contributed by atoms with Crippen LogP contribution in [0.25, 0.3) is 11.4 Å². The number of urea groups is 1. The molecule has 0 aliphatic carbocycles. The number of aryl methyl sites for hydroxylation is 1. The van der Waals surface area contributed by atoms with Crippen LogP contribution in [0.2, 0.25) is 0 Å². The van der Waals surface area contributed by atoms with Gasteiger partial charge in [-0.15, -0.1) is 11.3 Å². The maximum absolute atomic E-state index is 12.5. The molecule has 0 spiro atoms. The number of carbonyl (C=O) groups excluding carboxylic acids is 1. The van der Waals surface area contributed by atoms with Gasteiger partial charge in [0.1, 0.15) is 6.33 Å². The fourth-order valence-corrected chi connectivity index (χ4v) is 3.72. The molecule has 2 amide bonds. The van der Waals surface area contributed by atoms with Crippen molar-refractivity contribution in [1.29, 1.82) is 0 Å². The minimum Gasteiger partial charge on any atom is -0.320 e. The van der Waals surface area contributed by atoms with Gasteiger partial charge in [-0.05, 0) is 35.6 Å². The van der Waals surface area contributed by atoms with Gasteiger partial charge in [-0.3, -0.25) is 4.68 Å². The molecule has 3 heterocycles. The van der Waals surface area contributed by atoms with Crippen molar-refractivity contribution in [3.05, 3.63) is 52.5 Å². The van der Waals surface area contributed by atoms with Crippen molar-refractivity contribution < 1.29 is 4.79 Å². The van der Waals surface area contributed by atoms with Crippen LogP contribution in [0.4, 0.5) is 10.5 Å². The molecule has 0 bridgehead atoms. The molecule has 3 aromatic rings. The second-order valence-electron chi connectivity index (χ2n) is 5.79. The zero-order valence-corrected chi connectivity index (χ0v) is 14.1. The van der Waals surface area contributed by atoms with Crippen molar-refractivity contribution in [2.45, 2.75) is 13.0 Å². The summed E-state index contributed by atoms with van der Waals surface area (Å²) in [4.78, 5) is 20.0. The zero-order valence-electron chi connectivity index (χ0n) is 13.3. The number of nitrogens with zero attached hydrogens (tertiary/aromatic N) is 4. The molecule has 2 aromatic heterocycles. The van der Waals surface area contributed by atoms with E-state index in [4.69, 9.17) is 0 Å². The maximum Gasteiger partial charge on any atom is 0.322 e. The smallest absolute Gasteiger partial charge is 0.320 e. The third-order valence-corrected chi connectivity index (χ3v) is 5.09. The molecule has 1 aliphatic rings. The molecule has 4 rings (SSSR count). The van der Waals surface area contributed by atoms with Crippen LogP contribution in [0, 0.1) is 0 Å². The lowest BCUT2D eigenvalue weighted by Crippen LogP contribution is -2.38. The van der Waals surface area contributed by atoms with E-state index >= 15 is 0 Å². The van der Waals surface area contributed by atoms with Crippen LogP contribution in [0.1, 0.15) is 10.4 Å². The second kappa shape index (κ2) is 6.09. The van der Waals surface area contributed by atoms with Crippen molar-refractivity contribution in [2.75, 3.05) is 11.9 Å². The molecule has 24 heavy (non-hydrogen) atoms. The Morgan fingerprint density at radius 2 is 2.25 bits per heavy atom. The first-order chi connectivity index (χ1) is 11.7. The topological polar surface area (TPSA) is 63.1 Å². The third-order valence-electron chi connectivity index (χ3n) is 4.07. The quantitative estimate of drug-likeness (QED) is 0.780. The number of hydrogen-bond donors (Lipinski definition) is 1. The highest BCUT2D eigenvalue weighted by Gasteiger charge is 2.21. The van der Waals surface area contributed by atoms with Gasteiger partial charge in [-0.1, -0.05) is 12.1 Å². The Morgan fingerprint density at radius 1 is 1.33 bits per heavy atom. The Bertz CT molecular complexity index is 885. The average Bonchev–Trinajstić information content (AvgIpc) is 3.23. The monoisotopic (exact) mass is 339 g/mol. The van der Waals surface area contributed by atoms with Crippen LogP contribution < -0.4 is 5.32 Å². The molecule has 0 saturated heterocycles. The van der Waals surface area contributed by atoms with Crippen molar-refractivity contribution >= 4 is 23.1 Å². The molecule has 0 saturated carbocycles. The lowest BCUT2D eigenvalue weighted by atomic mass is 10.1. The molecule has 1 aromatic carbocycles. The number of fused-ring (bicyclic) bond motifs is 1. The van der Waals surface area contributed by atoms with Crippen molar-refractivity contribution in [3.8, 4) is 11.4 Å². The molecular formula is C17H17N5OS. The van der Waals surface area contributed by atoms with Gasteiger partial charge in [0.2, 0.25) is 0 Å². The summed E-state index contributed by atoms with van der Waals surface area (Å²) < 4.78 is 1.66. The van der Waals surface area contributed by atoms with Crippen LogP contribution in [-0.2, 0) is 20.0 Å². The third kappa shape index (κ3) is 2.90. The normalized spacial score (nSPS) is 13.6. The van der Waals surface area contributed by atoms with Gasteiger partial charge in [-0.2, -0.15) is 5.10 Å². The summed E-state index contributed by atoms with van der Waals surface area (Å²) in [6, 6.07) is 9.64. The van der Waals surface area contributed by atoms with Gasteiger partial charge in [0.15, 0.2) is 5.82 Å². The first-order valence-electron chi connectivity index (χ1n) is 7.76. The molecule has 122 valence electrons. The number of nitrogens with one attached hydrogen (secondary N) is 1. The SMILES string of the molecule is Cn1cnc(-c2cccc(NC(=O)N3CCc4sccc4C3)c2)n1. The summed E-state index contributed by atoms with van der Waals surface area (Å²) in [6.45, 7) is 1.42. The standard InChI is InChI=1S/C17H17N5OS/c1-21-11-18-16(20-21)12-3-2-4-14(9-12)19-17(23)22-7-5-15-13(10-22)6-8-24-15/h2-4,6,8-9,11H,5,7,10H2,1H3,(H,19,23). The summed E-state index contributed by atoms with van der Waals surface area (Å²) in [5, 5.41) is 9.37. The van der Waals surface area contributed by atoms with Crippen molar-refractivity contribution in [2.24, 2.45) is 7.05 Å². The molecule has 0 fully saturated rings. The molecule has 0 atom stereocenters. The van der Waals surface area contributed by atoms with E-state index in [1.54, 1.807) is 22.3 Å². The van der Waals surface area contributed by atoms with E-state index in [0.717, 1.165) is 24.2 Å². The Morgan fingerprint density at radius 3 is 3.08 bits per heavy atom. The van der Waals surface area contributed by atoms with Gasteiger partial charge in [-0.25, -0.2) is 9.78 Å². The largest absolute Gasteiger partial charge is 0.322 e. The minimum atomic E-state index is -0.0713. The molecule has 0 unspecified atom stereocenters. The van der Waals surface area contributed by atoms with E-state index in [9.17, 15) is 4.79 Å². The van der Waals surface area contributed by atoms with Crippen LogP contribution in [-0.4, -0.2) is 32.2 Å². The van der Waals surface area contributed by atoms with E-state index in [2.05, 4.69) is 26.8 Å². The van der Waals surface area contributed by atoms with Gasteiger partial charge in [0, 0.05) is 36.3 Å². The summed E-state index contributed by atoms with van der Waals surface area (Å²) in [7, 11) is 1.83. The van der Waals surface area contributed by atoms with Crippen LogP contribution >= 0.6 is 11.3 Å². The lowest BCUT2D eigenvalue weighted by molar-refractivity contribution is 0.207. The number of anilines is 1. The summed E-state index contributed by atoms with van der Waals surface area (Å²) in [5.41, 5.74) is 2.89. The van der Waals surface area contributed by atoms with Crippen molar-refractivity contribution in [1.82, 2.24) is 19.7 Å². The highest BCUT2D eigenvalue weighted by atomic mass is 32.1. The van der Waals surface area contributed by atoms with Crippen LogP contribution in [0.15, 0.2) is 42.0 Å². The number of benzene rings is 1. The molecule has 1 aliphatic heterocycles. The van der Waals surface area contributed by atoms with Gasteiger partial charge in [0.25, 0.3) is 0 Å². The molecule has 0 radical (unpaired) electrons. The summed E-state index contributed by atoms with van der Waals surface area (Å²) in [5.74, 6) is 0.648. The fourth-order valence-electron chi connectivity index (χ4n) is 2.83. The summed E-state index contributed by atoms with van der Waals surface area (Å²) in [6.07, 6.45) is 2.59. The molecule has 7 heteroatoms. The molecule has 1 N–H and O–H groups in total. The molecule has 6 nitrogen and oxygen atoms in total. The Hall–Kier alpha value is -2.67. The van der Waals surface area contributed by atoms with Gasteiger partial charge >= 0.3 is 6.03 Å². The Labute approximate surface area is 143 Å². The van der Waals surface area contributed by atoms with E-state index < -0.39 is 0 Å². The van der Waals surface area contributed by atoms with Crippen molar-refractivity contribution in [3.63, 3.8) is 0 Å². The number of rotatable bonds is 2. The number of thiophene rings is 1. The fraction of sp³-hybridized carbons (Fsp3) is 0.235. The summed E-state index contributed by atoms with van der Waals surface area (Å²) >= 11 is 1.77. The predicted octanol–water partition coefficient (Wildman–Crippen LogP) is 3.13. The zero-order chi connectivity index (χ0) is 16.5. The number of carbonyl (C=O) groups is 1. The van der Waals surface area contributed by atoms with E-state index in [1.807, 2.05) is 36.2 Å². The predicted molar refractivity (Wildman–Crippen MR) is 93.9 cm³/mol. The highest BCUT2D eigenvalue weighted by Crippen LogP contribution is 2.25. The van der Waals surface area contributed by atoms with Crippen LogP contribution in [0.5, 0.6) is 0 Å². The van der Waals surface area contributed by atoms with Crippen LogP contribution in [0.3, 0.4) is 0 Å². The van der Waals surface area contributed by atoms with E-state index in [0.29, 0.717) is 12.4 Å². The number of amides is 2. The second-order valence-corrected chi connectivity index (χ2v) is 6.79. The minimum absolute atomic E-state index is 0.0713. The molecular weight excluding hydrogens is 322 g/mol. The number of hydrogen-bond acceptors (Lipinski definition) is 4. The maximum atomic E-state index is 12.5.